The van der Waals surface area contributed by atoms with Gasteiger partial charge in [-0.15, -0.1) is 0 Å². The Hall–Kier alpha value is -0.610. The van der Waals surface area contributed by atoms with Gasteiger partial charge in [-0.3, -0.25) is 0 Å². The molecule has 0 saturated carbocycles. The molecular formula is C11H14F2OS. The molecule has 0 saturated heterocycles. The highest BCUT2D eigenvalue weighted by Gasteiger charge is 2.23. The zero-order chi connectivity index (χ0) is 11.6. The van der Waals surface area contributed by atoms with Gasteiger partial charge in [0.15, 0.2) is 0 Å². The van der Waals surface area contributed by atoms with E-state index in [1.165, 1.54) is 19.2 Å². The smallest absolute Gasteiger partial charge is 0.131 e. The molecule has 0 heterocycles. The van der Waals surface area contributed by atoms with E-state index in [1.807, 2.05) is 0 Å². The van der Waals surface area contributed by atoms with Crippen LogP contribution in [-0.4, -0.2) is 7.11 Å². The molecule has 0 amide bonds. The average Bonchev–Trinajstić information content (AvgIpc) is 1.99. The molecule has 0 atom stereocenters. The Morgan fingerprint density at radius 1 is 1.13 bits per heavy atom. The molecule has 0 aliphatic carbocycles. The maximum absolute atomic E-state index is 13.6. The fourth-order valence-electron chi connectivity index (χ4n) is 1.41. The molecule has 1 rings (SSSR count). The van der Waals surface area contributed by atoms with Gasteiger partial charge >= 0.3 is 0 Å². The number of hydrogen-bond donors (Lipinski definition) is 0. The summed E-state index contributed by atoms with van der Waals surface area (Å²) in [5.74, 6) is -1.05. The molecule has 0 bridgehead atoms. The van der Waals surface area contributed by atoms with Crippen molar-refractivity contribution in [3.63, 3.8) is 0 Å². The number of hydrogen-bond acceptors (Lipinski definition) is 2. The van der Waals surface area contributed by atoms with E-state index in [0.29, 0.717) is 4.90 Å². The second-order valence-corrected chi connectivity index (χ2v) is 5.23. The van der Waals surface area contributed by atoms with Crippen molar-refractivity contribution in [2.24, 2.45) is 0 Å². The zero-order valence-corrected chi connectivity index (χ0v) is 10.0. The van der Waals surface area contributed by atoms with Crippen molar-refractivity contribution in [1.82, 2.24) is 0 Å². The summed E-state index contributed by atoms with van der Waals surface area (Å²) in [6.45, 7) is 5.33. The Kier molecular flexibility index (Phi) is 3.73. The molecule has 0 aliphatic rings. The topological polar surface area (TPSA) is 9.23 Å². The molecule has 15 heavy (non-hydrogen) atoms. The zero-order valence-electron chi connectivity index (χ0n) is 9.23. The predicted octanol–water partition coefficient (Wildman–Crippen LogP) is 3.92. The Labute approximate surface area is 93.0 Å². The fourth-order valence-corrected chi connectivity index (χ4v) is 1.91. The molecule has 0 spiro atoms. The second-order valence-electron chi connectivity index (χ2n) is 4.26. The Morgan fingerprint density at radius 2 is 1.60 bits per heavy atom. The third-order valence-corrected chi connectivity index (χ3v) is 2.54. The van der Waals surface area contributed by atoms with Gasteiger partial charge in [0, 0.05) is 22.5 Å². The molecule has 0 radical (unpaired) electrons. The highest BCUT2D eigenvalue weighted by Crippen LogP contribution is 2.31. The van der Waals surface area contributed by atoms with Crippen molar-refractivity contribution < 1.29 is 13.0 Å². The first kappa shape index (κ1) is 12.5. The van der Waals surface area contributed by atoms with Gasteiger partial charge in [0.2, 0.25) is 0 Å². The summed E-state index contributed by atoms with van der Waals surface area (Å²) in [6.07, 6.45) is 0. The number of halogens is 2. The lowest BCUT2D eigenvalue weighted by atomic mass is 9.86. The summed E-state index contributed by atoms with van der Waals surface area (Å²) < 4.78 is 32.0. The van der Waals surface area contributed by atoms with Crippen LogP contribution in [0.5, 0.6) is 0 Å². The van der Waals surface area contributed by atoms with Gasteiger partial charge < -0.3 is 4.18 Å². The van der Waals surface area contributed by atoms with Crippen LogP contribution in [0.2, 0.25) is 0 Å². The monoisotopic (exact) mass is 232 g/mol. The second kappa shape index (κ2) is 4.49. The molecule has 4 heteroatoms. The lowest BCUT2D eigenvalue weighted by molar-refractivity contribution is 0.468. The van der Waals surface area contributed by atoms with Crippen LogP contribution >= 0.6 is 12.0 Å². The lowest BCUT2D eigenvalue weighted by Crippen LogP contribution is -2.16. The van der Waals surface area contributed by atoms with E-state index in [-0.39, 0.29) is 5.56 Å². The first-order chi connectivity index (χ1) is 6.86. The highest BCUT2D eigenvalue weighted by molar-refractivity contribution is 7.94. The van der Waals surface area contributed by atoms with Gasteiger partial charge in [-0.25, -0.2) is 8.78 Å². The van der Waals surface area contributed by atoms with Crippen LogP contribution < -0.4 is 0 Å². The van der Waals surface area contributed by atoms with Crippen LogP contribution in [0.1, 0.15) is 26.3 Å². The van der Waals surface area contributed by atoms with Gasteiger partial charge in [0.1, 0.15) is 11.6 Å². The van der Waals surface area contributed by atoms with Crippen LogP contribution in [0, 0.1) is 11.6 Å². The van der Waals surface area contributed by atoms with Gasteiger partial charge in [-0.05, 0) is 17.5 Å². The minimum absolute atomic E-state index is 0.114. The van der Waals surface area contributed by atoms with Gasteiger partial charge in [0.05, 0.1) is 7.11 Å². The first-order valence-corrected chi connectivity index (χ1v) is 5.30. The predicted molar refractivity (Wildman–Crippen MR) is 57.9 cm³/mol. The Balaban J connectivity index is 3.22. The molecule has 0 aliphatic heterocycles. The average molecular weight is 232 g/mol. The molecule has 0 fully saturated rings. The van der Waals surface area contributed by atoms with E-state index < -0.39 is 17.0 Å². The standard InChI is InChI=1S/C11H14F2OS/c1-11(2,3)10-8(12)5-7(15-14-4)6-9(10)13/h5-6H,1-4H3. The molecule has 0 unspecified atom stereocenters. The highest BCUT2D eigenvalue weighted by atomic mass is 32.2. The summed E-state index contributed by atoms with van der Waals surface area (Å²) >= 11 is 0.943. The van der Waals surface area contributed by atoms with Crippen molar-refractivity contribution >= 4 is 12.0 Å². The number of benzene rings is 1. The summed E-state index contributed by atoms with van der Waals surface area (Å²) in [6, 6.07) is 2.58. The third-order valence-electron chi connectivity index (χ3n) is 1.95. The molecule has 1 aromatic carbocycles. The minimum atomic E-state index is -0.537. The van der Waals surface area contributed by atoms with Crippen molar-refractivity contribution in [2.45, 2.75) is 31.1 Å². The van der Waals surface area contributed by atoms with Gasteiger partial charge in [0.25, 0.3) is 0 Å². The SMILES string of the molecule is COSc1cc(F)c(C(C)(C)C)c(F)c1. The van der Waals surface area contributed by atoms with Gasteiger partial charge in [-0.1, -0.05) is 20.8 Å². The lowest BCUT2D eigenvalue weighted by Gasteiger charge is -2.20. The minimum Gasteiger partial charge on any atom is -0.314 e. The largest absolute Gasteiger partial charge is 0.314 e. The van der Waals surface area contributed by atoms with Crippen molar-refractivity contribution in [2.75, 3.05) is 7.11 Å². The molecule has 0 aromatic heterocycles. The maximum atomic E-state index is 13.6. The van der Waals surface area contributed by atoms with Gasteiger partial charge in [-0.2, -0.15) is 0 Å². The van der Waals surface area contributed by atoms with Crippen molar-refractivity contribution in [3.8, 4) is 0 Å². The Morgan fingerprint density at radius 3 is 1.93 bits per heavy atom. The number of rotatable bonds is 2. The molecule has 1 aromatic rings. The van der Waals surface area contributed by atoms with E-state index in [4.69, 9.17) is 4.18 Å². The van der Waals surface area contributed by atoms with Crippen LogP contribution in [0.4, 0.5) is 8.78 Å². The molecule has 0 N–H and O–H groups in total. The summed E-state index contributed by atoms with van der Waals surface area (Å²) in [5.41, 5.74) is -0.423. The maximum Gasteiger partial charge on any atom is 0.131 e. The van der Waals surface area contributed by atoms with Crippen molar-refractivity contribution in [1.29, 1.82) is 0 Å². The van der Waals surface area contributed by atoms with Crippen LogP contribution in [0.3, 0.4) is 0 Å². The summed E-state index contributed by atoms with van der Waals surface area (Å²) in [4.78, 5) is 0.431. The van der Waals surface area contributed by atoms with E-state index in [0.717, 1.165) is 12.0 Å². The normalized spacial score (nSPS) is 11.9. The molecule has 1 nitrogen and oxygen atoms in total. The van der Waals surface area contributed by atoms with E-state index in [2.05, 4.69) is 0 Å². The first-order valence-electron chi connectivity index (χ1n) is 4.56. The molecule has 84 valence electrons. The van der Waals surface area contributed by atoms with E-state index in [1.54, 1.807) is 20.8 Å². The van der Waals surface area contributed by atoms with Crippen molar-refractivity contribution in [3.05, 3.63) is 29.3 Å². The van der Waals surface area contributed by atoms with Crippen LogP contribution in [-0.2, 0) is 9.60 Å². The van der Waals surface area contributed by atoms with Crippen LogP contribution in [0.15, 0.2) is 17.0 Å². The van der Waals surface area contributed by atoms with E-state index in [9.17, 15) is 8.78 Å². The summed E-state index contributed by atoms with van der Waals surface area (Å²) in [7, 11) is 1.46. The summed E-state index contributed by atoms with van der Waals surface area (Å²) in [5, 5.41) is 0. The van der Waals surface area contributed by atoms with Crippen LogP contribution in [0.25, 0.3) is 0 Å². The quantitative estimate of drug-likeness (QED) is 0.715. The molecular weight excluding hydrogens is 218 g/mol. The Bertz CT molecular complexity index is 335. The van der Waals surface area contributed by atoms with E-state index >= 15 is 0 Å². The third kappa shape index (κ3) is 2.92. The fraction of sp³-hybridized carbons (Fsp3) is 0.455.